The number of amides is 1. The van der Waals surface area contributed by atoms with Crippen molar-refractivity contribution in [3.8, 4) is 11.1 Å². The molecule has 176 valence electrons. The Morgan fingerprint density at radius 1 is 0.941 bits per heavy atom. The van der Waals surface area contributed by atoms with Crippen molar-refractivity contribution >= 4 is 12.1 Å². The van der Waals surface area contributed by atoms with E-state index < -0.39 is 23.7 Å². The van der Waals surface area contributed by atoms with Crippen LogP contribution in [0.15, 0.2) is 73.1 Å². The van der Waals surface area contributed by atoms with Crippen LogP contribution in [0.5, 0.6) is 0 Å². The van der Waals surface area contributed by atoms with Crippen molar-refractivity contribution in [3.05, 3.63) is 89.7 Å². The van der Waals surface area contributed by atoms with Crippen LogP contribution in [-0.2, 0) is 20.7 Å². The molecule has 2 aromatic carbocycles. The summed E-state index contributed by atoms with van der Waals surface area (Å²) in [7, 11) is 0. The quantitative estimate of drug-likeness (QED) is 0.489. The van der Waals surface area contributed by atoms with E-state index in [1.807, 2.05) is 36.4 Å². The summed E-state index contributed by atoms with van der Waals surface area (Å²) in [6, 6.07) is 19.3. The fourth-order valence-corrected chi connectivity index (χ4v) is 4.26. The fraction of sp³-hybridized carbons (Fsp3) is 0.321. The predicted octanol–water partition coefficient (Wildman–Crippen LogP) is 5.26. The van der Waals surface area contributed by atoms with Crippen molar-refractivity contribution in [1.82, 2.24) is 10.3 Å². The maximum absolute atomic E-state index is 12.8. The van der Waals surface area contributed by atoms with E-state index in [9.17, 15) is 9.59 Å². The molecule has 1 atom stereocenters. The van der Waals surface area contributed by atoms with Gasteiger partial charge in [0.05, 0.1) is 0 Å². The minimum atomic E-state index is -0.817. The lowest BCUT2D eigenvalue weighted by atomic mass is 9.98. The van der Waals surface area contributed by atoms with E-state index in [0.717, 1.165) is 27.8 Å². The van der Waals surface area contributed by atoms with E-state index in [2.05, 4.69) is 34.6 Å². The van der Waals surface area contributed by atoms with Crippen LogP contribution in [0.2, 0.25) is 0 Å². The highest BCUT2D eigenvalue weighted by atomic mass is 16.6. The van der Waals surface area contributed by atoms with E-state index in [-0.39, 0.29) is 12.5 Å². The van der Waals surface area contributed by atoms with E-state index in [0.29, 0.717) is 12.8 Å². The average molecular weight is 459 g/mol. The molecular formula is C28H30N2O4. The maximum Gasteiger partial charge on any atom is 0.407 e. The van der Waals surface area contributed by atoms with Gasteiger partial charge in [-0.1, -0.05) is 48.5 Å². The van der Waals surface area contributed by atoms with Crippen LogP contribution in [0.3, 0.4) is 0 Å². The number of hydrogen-bond acceptors (Lipinski definition) is 5. The molecule has 0 radical (unpaired) electrons. The van der Waals surface area contributed by atoms with Crippen LogP contribution in [0.4, 0.5) is 4.79 Å². The molecule has 0 saturated heterocycles. The number of pyridine rings is 1. The molecule has 0 aliphatic heterocycles. The molecular weight excluding hydrogens is 428 g/mol. The third kappa shape index (κ3) is 5.63. The molecule has 0 spiro atoms. The van der Waals surface area contributed by atoms with Crippen molar-refractivity contribution in [3.63, 3.8) is 0 Å². The number of nitrogens with zero attached hydrogens (tertiary/aromatic N) is 1. The maximum atomic E-state index is 12.8. The largest absolute Gasteiger partial charge is 0.458 e. The molecule has 1 aliphatic carbocycles. The molecule has 1 amide bonds. The van der Waals surface area contributed by atoms with Crippen molar-refractivity contribution in [2.24, 2.45) is 0 Å². The first-order valence-electron chi connectivity index (χ1n) is 11.5. The van der Waals surface area contributed by atoms with Crippen molar-refractivity contribution in [1.29, 1.82) is 0 Å². The minimum absolute atomic E-state index is 0.0463. The van der Waals surface area contributed by atoms with Gasteiger partial charge in [0.1, 0.15) is 18.2 Å². The molecule has 0 fully saturated rings. The van der Waals surface area contributed by atoms with Gasteiger partial charge in [-0.2, -0.15) is 0 Å². The molecule has 1 N–H and O–H groups in total. The first-order chi connectivity index (χ1) is 16.3. The summed E-state index contributed by atoms with van der Waals surface area (Å²) in [5.41, 5.74) is 4.97. The number of aromatic nitrogens is 1. The van der Waals surface area contributed by atoms with Gasteiger partial charge in [0, 0.05) is 18.3 Å². The third-order valence-electron chi connectivity index (χ3n) is 5.80. The Bertz CT molecular complexity index is 1110. The van der Waals surface area contributed by atoms with Gasteiger partial charge < -0.3 is 14.8 Å². The van der Waals surface area contributed by atoms with Gasteiger partial charge in [-0.3, -0.25) is 4.98 Å². The number of ether oxygens (including phenoxy) is 2. The number of nitrogens with one attached hydrogen (secondary N) is 1. The lowest BCUT2D eigenvalue weighted by molar-refractivity contribution is -0.157. The lowest BCUT2D eigenvalue weighted by Crippen LogP contribution is -2.45. The normalized spacial score (nSPS) is 13.5. The zero-order chi connectivity index (χ0) is 24.1. The summed E-state index contributed by atoms with van der Waals surface area (Å²) < 4.78 is 11.2. The van der Waals surface area contributed by atoms with Crippen LogP contribution in [-0.4, -0.2) is 35.3 Å². The number of rotatable bonds is 7. The number of alkyl carbamates (subject to hydrolysis) is 1. The molecule has 3 aromatic rings. The SMILES string of the molecule is CC(C)(C)OC(=O)C(CCc1ccncc1)NC(=O)OCC1c2ccccc2-c2ccccc21. The highest BCUT2D eigenvalue weighted by Gasteiger charge is 2.31. The number of carbonyl (C=O) groups is 2. The van der Waals surface area contributed by atoms with Gasteiger partial charge in [0.2, 0.25) is 0 Å². The van der Waals surface area contributed by atoms with E-state index in [4.69, 9.17) is 9.47 Å². The molecule has 1 aromatic heterocycles. The zero-order valence-corrected chi connectivity index (χ0v) is 19.8. The second-order valence-corrected chi connectivity index (χ2v) is 9.45. The van der Waals surface area contributed by atoms with E-state index >= 15 is 0 Å². The summed E-state index contributed by atoms with van der Waals surface area (Å²) in [5.74, 6) is -0.523. The number of benzene rings is 2. The first-order valence-corrected chi connectivity index (χ1v) is 11.5. The molecule has 1 unspecified atom stereocenters. The lowest BCUT2D eigenvalue weighted by Gasteiger charge is -2.24. The van der Waals surface area contributed by atoms with Crippen LogP contribution < -0.4 is 5.32 Å². The average Bonchev–Trinajstić information content (AvgIpc) is 3.13. The van der Waals surface area contributed by atoms with E-state index in [1.54, 1.807) is 33.2 Å². The number of aryl methyl sites for hydroxylation is 1. The smallest absolute Gasteiger partial charge is 0.407 e. The van der Waals surface area contributed by atoms with Gasteiger partial charge >= 0.3 is 12.1 Å². The Morgan fingerprint density at radius 3 is 2.12 bits per heavy atom. The van der Waals surface area contributed by atoms with Crippen LogP contribution in [0.1, 0.15) is 49.8 Å². The summed E-state index contributed by atoms with van der Waals surface area (Å²) in [6.07, 6.45) is 3.76. The van der Waals surface area contributed by atoms with E-state index in [1.165, 1.54) is 0 Å². The molecule has 0 bridgehead atoms. The molecule has 6 nitrogen and oxygen atoms in total. The Morgan fingerprint density at radius 2 is 1.53 bits per heavy atom. The Hall–Kier alpha value is -3.67. The highest BCUT2D eigenvalue weighted by molar-refractivity contribution is 5.82. The first kappa shape index (κ1) is 23.5. The minimum Gasteiger partial charge on any atom is -0.458 e. The molecule has 0 saturated carbocycles. The highest BCUT2D eigenvalue weighted by Crippen LogP contribution is 2.44. The standard InChI is InChI=1S/C28H30N2O4/c1-28(2,3)34-26(31)25(13-12-19-14-16-29-17-15-19)30-27(32)33-18-24-22-10-6-4-8-20(22)21-9-5-7-11-23(21)24/h4-11,14-17,24-25H,12-13,18H2,1-3H3,(H,30,32). The Labute approximate surface area is 200 Å². The summed E-state index contributed by atoms with van der Waals surface area (Å²) in [4.78, 5) is 29.6. The van der Waals surface area contributed by atoms with Crippen molar-refractivity contribution < 1.29 is 19.1 Å². The molecule has 4 rings (SSSR count). The van der Waals surface area contributed by atoms with Crippen LogP contribution in [0, 0.1) is 0 Å². The summed E-state index contributed by atoms with van der Waals surface area (Å²) in [6.45, 7) is 5.60. The predicted molar refractivity (Wildman–Crippen MR) is 130 cm³/mol. The molecule has 1 heterocycles. The summed E-state index contributed by atoms with van der Waals surface area (Å²) in [5, 5.41) is 2.73. The fourth-order valence-electron chi connectivity index (χ4n) is 4.26. The second kappa shape index (κ2) is 10.1. The van der Waals surface area contributed by atoms with Crippen LogP contribution in [0.25, 0.3) is 11.1 Å². The Kier molecular flexibility index (Phi) is 6.96. The monoisotopic (exact) mass is 458 g/mol. The summed E-state index contributed by atoms with van der Waals surface area (Å²) >= 11 is 0. The third-order valence-corrected chi connectivity index (χ3v) is 5.80. The number of carbonyl (C=O) groups excluding carboxylic acids is 2. The van der Waals surface area contributed by atoms with Crippen molar-refractivity contribution in [2.45, 2.75) is 51.2 Å². The number of fused-ring (bicyclic) bond motifs is 3. The molecule has 34 heavy (non-hydrogen) atoms. The van der Waals surface area contributed by atoms with Gasteiger partial charge in [0.15, 0.2) is 0 Å². The van der Waals surface area contributed by atoms with Crippen molar-refractivity contribution in [2.75, 3.05) is 6.61 Å². The van der Waals surface area contributed by atoms with Gasteiger partial charge in [-0.05, 0) is 73.6 Å². The van der Waals surface area contributed by atoms with Crippen LogP contribution >= 0.6 is 0 Å². The van der Waals surface area contributed by atoms with Gasteiger partial charge in [-0.25, -0.2) is 9.59 Å². The zero-order valence-electron chi connectivity index (χ0n) is 19.8. The Balaban J connectivity index is 1.43. The van der Waals surface area contributed by atoms with Gasteiger partial charge in [-0.15, -0.1) is 0 Å². The molecule has 1 aliphatic rings. The number of esters is 1. The van der Waals surface area contributed by atoms with Gasteiger partial charge in [0.25, 0.3) is 0 Å². The molecule has 6 heteroatoms. The number of hydrogen-bond donors (Lipinski definition) is 1. The second-order valence-electron chi connectivity index (χ2n) is 9.45. The topological polar surface area (TPSA) is 77.5 Å².